The van der Waals surface area contributed by atoms with Crippen molar-refractivity contribution < 1.29 is 4.74 Å². The average Bonchev–Trinajstić information content (AvgIpc) is 3.07. The lowest BCUT2D eigenvalue weighted by molar-refractivity contribution is 0.137. The predicted molar refractivity (Wildman–Crippen MR) is 109 cm³/mol. The number of nitrogens with zero attached hydrogens (tertiary/aromatic N) is 6. The van der Waals surface area contributed by atoms with E-state index in [9.17, 15) is 0 Å². The van der Waals surface area contributed by atoms with Gasteiger partial charge in [-0.15, -0.1) is 0 Å². The summed E-state index contributed by atoms with van der Waals surface area (Å²) in [5.41, 5.74) is 8.10. The first-order valence-corrected chi connectivity index (χ1v) is 9.74. The summed E-state index contributed by atoms with van der Waals surface area (Å²) >= 11 is 6.24. The zero-order chi connectivity index (χ0) is 20.1. The van der Waals surface area contributed by atoms with Gasteiger partial charge < -0.3 is 15.8 Å². The van der Waals surface area contributed by atoms with Crippen LogP contribution in [-0.2, 0) is 16.8 Å². The maximum atomic E-state index is 6.65. The van der Waals surface area contributed by atoms with Crippen LogP contribution in [0.4, 0.5) is 11.6 Å². The number of halogens is 1. The highest BCUT2D eigenvalue weighted by molar-refractivity contribution is 6.28. The van der Waals surface area contributed by atoms with E-state index in [0.29, 0.717) is 42.6 Å². The van der Waals surface area contributed by atoms with Crippen LogP contribution in [0.3, 0.4) is 0 Å². The van der Waals surface area contributed by atoms with Gasteiger partial charge in [0.05, 0.1) is 18.7 Å². The molecule has 0 spiro atoms. The molecule has 0 atom stereocenters. The molecule has 0 saturated carbocycles. The third-order valence-corrected chi connectivity index (χ3v) is 4.94. The topological polar surface area (TPSA) is 117 Å². The van der Waals surface area contributed by atoms with E-state index >= 15 is 0 Å². The molecule has 9 nitrogen and oxygen atoms in total. The summed E-state index contributed by atoms with van der Waals surface area (Å²) in [5.74, 6) is 1.11. The van der Waals surface area contributed by atoms with E-state index in [4.69, 9.17) is 27.2 Å². The fraction of sp³-hybridized carbons (Fsp3) is 0.500. The van der Waals surface area contributed by atoms with Crippen molar-refractivity contribution in [3.8, 4) is 0 Å². The Morgan fingerprint density at radius 1 is 1.25 bits per heavy atom. The van der Waals surface area contributed by atoms with Crippen LogP contribution in [0, 0.1) is 0 Å². The number of fused-ring (bicyclic) bond motifs is 1. The van der Waals surface area contributed by atoms with Gasteiger partial charge in [0, 0.05) is 12.8 Å². The molecule has 3 aromatic heterocycles. The number of ether oxygens (including phenoxy) is 1. The third kappa shape index (κ3) is 4.06. The minimum atomic E-state index is -0.612. The normalized spacial score (nSPS) is 11.9. The molecule has 0 aliphatic carbocycles. The molecule has 3 rings (SSSR count). The first kappa shape index (κ1) is 20.4. The predicted octanol–water partition coefficient (Wildman–Crippen LogP) is 3.02. The van der Waals surface area contributed by atoms with Gasteiger partial charge >= 0.3 is 0 Å². The highest BCUT2D eigenvalue weighted by Crippen LogP contribution is 2.34. The Balaban J connectivity index is 2.18. The molecule has 0 fully saturated rings. The Labute approximate surface area is 168 Å². The Morgan fingerprint density at radius 2 is 2.04 bits per heavy atom. The molecular weight excluding hydrogens is 380 g/mol. The quantitative estimate of drug-likeness (QED) is 0.413. The van der Waals surface area contributed by atoms with E-state index in [2.05, 4.69) is 25.3 Å². The SMILES string of the molecule is CCOCCn1nc(C(N)(CC)CC)c2nc(Cl)nc(Nc3ccncn3)c21. The first-order valence-electron chi connectivity index (χ1n) is 9.36. The smallest absolute Gasteiger partial charge is 0.225 e. The fourth-order valence-electron chi connectivity index (χ4n) is 3.01. The molecule has 3 heterocycles. The average molecular weight is 405 g/mol. The molecule has 0 radical (unpaired) electrons. The molecule has 0 aliphatic rings. The van der Waals surface area contributed by atoms with Gasteiger partial charge in [-0.25, -0.2) is 15.0 Å². The van der Waals surface area contributed by atoms with Crippen LogP contribution in [0.5, 0.6) is 0 Å². The van der Waals surface area contributed by atoms with Crippen LogP contribution in [0.15, 0.2) is 18.6 Å². The largest absolute Gasteiger partial charge is 0.380 e. The minimum Gasteiger partial charge on any atom is -0.380 e. The van der Waals surface area contributed by atoms with Crippen LogP contribution in [0.1, 0.15) is 39.3 Å². The molecule has 3 N–H and O–H groups in total. The van der Waals surface area contributed by atoms with Crippen LogP contribution >= 0.6 is 11.6 Å². The molecule has 3 aromatic rings. The molecule has 0 amide bonds. The lowest BCUT2D eigenvalue weighted by Gasteiger charge is -2.24. The van der Waals surface area contributed by atoms with Crippen molar-refractivity contribution in [2.75, 3.05) is 18.5 Å². The van der Waals surface area contributed by atoms with Gasteiger partial charge in [-0.3, -0.25) is 4.68 Å². The Bertz CT molecular complexity index is 926. The molecule has 0 aliphatic heterocycles. The number of nitrogens with one attached hydrogen (secondary N) is 1. The summed E-state index contributed by atoms with van der Waals surface area (Å²) in [6.45, 7) is 7.71. The van der Waals surface area contributed by atoms with Gasteiger partial charge in [-0.1, -0.05) is 13.8 Å². The van der Waals surface area contributed by atoms with Crippen molar-refractivity contribution >= 4 is 34.3 Å². The van der Waals surface area contributed by atoms with Crippen LogP contribution in [-0.4, -0.2) is 42.9 Å². The van der Waals surface area contributed by atoms with Crippen molar-refractivity contribution in [1.82, 2.24) is 29.7 Å². The van der Waals surface area contributed by atoms with E-state index in [0.717, 1.165) is 18.4 Å². The molecule has 0 aromatic carbocycles. The van der Waals surface area contributed by atoms with Crippen molar-refractivity contribution in [2.24, 2.45) is 5.73 Å². The van der Waals surface area contributed by atoms with E-state index in [1.54, 1.807) is 12.3 Å². The third-order valence-electron chi connectivity index (χ3n) is 4.77. The van der Waals surface area contributed by atoms with Gasteiger partial charge in [0.15, 0.2) is 5.82 Å². The molecular formula is C18H25ClN8O. The first-order chi connectivity index (χ1) is 13.5. The van der Waals surface area contributed by atoms with Crippen molar-refractivity contribution in [2.45, 2.75) is 45.7 Å². The summed E-state index contributed by atoms with van der Waals surface area (Å²) in [6, 6.07) is 1.75. The lowest BCUT2D eigenvalue weighted by Crippen LogP contribution is -2.36. The maximum Gasteiger partial charge on any atom is 0.225 e. The standard InChI is InChI=1S/C18H25ClN8O/c1-4-18(20,5-2)15-13-14(27(26-15)9-10-28-6-3)16(25-17(19)24-13)23-12-7-8-21-11-22-12/h7-8,11H,4-6,9-10,20H2,1-3H3,(H,21,22,23,24,25). The zero-order valence-electron chi connectivity index (χ0n) is 16.3. The molecule has 0 saturated heterocycles. The van der Waals surface area contributed by atoms with Gasteiger partial charge in [0.1, 0.15) is 28.9 Å². The monoisotopic (exact) mass is 404 g/mol. The summed E-state index contributed by atoms with van der Waals surface area (Å²) in [5, 5.41) is 8.10. The molecule has 0 unspecified atom stereocenters. The minimum absolute atomic E-state index is 0.115. The Hall–Kier alpha value is -2.36. The van der Waals surface area contributed by atoms with E-state index in [-0.39, 0.29) is 5.28 Å². The highest BCUT2D eigenvalue weighted by Gasteiger charge is 2.32. The molecule has 10 heteroatoms. The fourth-order valence-corrected chi connectivity index (χ4v) is 3.17. The van der Waals surface area contributed by atoms with E-state index < -0.39 is 5.54 Å². The van der Waals surface area contributed by atoms with Gasteiger partial charge in [0.2, 0.25) is 5.28 Å². The maximum absolute atomic E-state index is 6.65. The summed E-state index contributed by atoms with van der Waals surface area (Å²) in [7, 11) is 0. The van der Waals surface area contributed by atoms with E-state index in [1.165, 1.54) is 6.33 Å². The molecule has 150 valence electrons. The Kier molecular flexibility index (Phi) is 6.38. The van der Waals surface area contributed by atoms with Gasteiger partial charge in [-0.2, -0.15) is 10.1 Å². The second-order valence-corrected chi connectivity index (χ2v) is 6.73. The van der Waals surface area contributed by atoms with E-state index in [1.807, 2.05) is 25.5 Å². The zero-order valence-corrected chi connectivity index (χ0v) is 17.1. The molecule has 0 bridgehead atoms. The van der Waals surface area contributed by atoms with Crippen molar-refractivity contribution in [3.63, 3.8) is 0 Å². The summed E-state index contributed by atoms with van der Waals surface area (Å²) in [4.78, 5) is 17.0. The second-order valence-electron chi connectivity index (χ2n) is 6.39. The van der Waals surface area contributed by atoms with Crippen LogP contribution < -0.4 is 11.1 Å². The second kappa shape index (κ2) is 8.76. The van der Waals surface area contributed by atoms with Gasteiger partial charge in [0.25, 0.3) is 0 Å². The number of anilines is 2. The number of rotatable bonds is 9. The summed E-state index contributed by atoms with van der Waals surface area (Å²) in [6.07, 6.45) is 4.54. The number of hydrogen-bond donors (Lipinski definition) is 2. The lowest BCUT2D eigenvalue weighted by atomic mass is 9.90. The van der Waals surface area contributed by atoms with Gasteiger partial charge in [-0.05, 0) is 37.4 Å². The summed E-state index contributed by atoms with van der Waals surface area (Å²) < 4.78 is 7.34. The number of nitrogens with two attached hydrogens (primary N) is 1. The molecule has 28 heavy (non-hydrogen) atoms. The van der Waals surface area contributed by atoms with Crippen molar-refractivity contribution in [3.05, 3.63) is 29.6 Å². The van der Waals surface area contributed by atoms with Crippen LogP contribution in [0.2, 0.25) is 5.28 Å². The highest BCUT2D eigenvalue weighted by atomic mass is 35.5. The number of hydrogen-bond acceptors (Lipinski definition) is 8. The number of aromatic nitrogens is 6. The van der Waals surface area contributed by atoms with Crippen LogP contribution in [0.25, 0.3) is 11.0 Å². The Morgan fingerprint density at radius 3 is 2.68 bits per heavy atom. The van der Waals surface area contributed by atoms with Crippen molar-refractivity contribution in [1.29, 1.82) is 0 Å².